The standard InChI is InChI=1S/C17H17BrFNO4/c1-10(24-14-6-4-11(19)8-13(14)18)17(21)20-12-5-7-15(22-2)16(9-12)23-3/h4-10H,1-3H3,(H,20,21)/t10-/m0/s1. The molecular weight excluding hydrogens is 381 g/mol. The van der Waals surface area contributed by atoms with Crippen LogP contribution in [0.1, 0.15) is 6.92 Å². The number of anilines is 1. The number of hydrogen-bond acceptors (Lipinski definition) is 4. The van der Waals surface area contributed by atoms with Crippen molar-refractivity contribution >= 4 is 27.5 Å². The van der Waals surface area contributed by atoms with E-state index in [4.69, 9.17) is 14.2 Å². The molecule has 0 aliphatic rings. The Labute approximate surface area is 147 Å². The summed E-state index contributed by atoms with van der Waals surface area (Å²) in [6, 6.07) is 9.03. The first-order valence-electron chi connectivity index (χ1n) is 7.09. The lowest BCUT2D eigenvalue weighted by molar-refractivity contribution is -0.122. The summed E-state index contributed by atoms with van der Waals surface area (Å²) in [6.07, 6.45) is -0.778. The SMILES string of the molecule is COc1ccc(NC(=O)[C@H](C)Oc2ccc(F)cc2Br)cc1OC. The Balaban J connectivity index is 2.06. The van der Waals surface area contributed by atoms with Crippen molar-refractivity contribution in [2.45, 2.75) is 13.0 Å². The van der Waals surface area contributed by atoms with Crippen LogP contribution in [0.2, 0.25) is 0 Å². The van der Waals surface area contributed by atoms with Gasteiger partial charge in [-0.1, -0.05) is 0 Å². The second-order valence-corrected chi connectivity index (χ2v) is 5.75. The molecule has 0 fully saturated rings. The highest BCUT2D eigenvalue weighted by Crippen LogP contribution is 2.30. The zero-order valence-corrected chi connectivity index (χ0v) is 15.0. The van der Waals surface area contributed by atoms with Crippen molar-refractivity contribution in [3.63, 3.8) is 0 Å². The van der Waals surface area contributed by atoms with Gasteiger partial charge in [-0.2, -0.15) is 0 Å². The van der Waals surface area contributed by atoms with E-state index in [0.717, 1.165) is 0 Å². The van der Waals surface area contributed by atoms with Crippen LogP contribution in [0, 0.1) is 5.82 Å². The van der Waals surface area contributed by atoms with Crippen molar-refractivity contribution in [1.82, 2.24) is 0 Å². The molecule has 1 atom stereocenters. The lowest BCUT2D eigenvalue weighted by Crippen LogP contribution is -2.30. The lowest BCUT2D eigenvalue weighted by atomic mass is 10.2. The Bertz CT molecular complexity index is 739. The topological polar surface area (TPSA) is 56.8 Å². The zero-order valence-electron chi connectivity index (χ0n) is 13.4. The average Bonchev–Trinajstić information content (AvgIpc) is 2.57. The third-order valence-electron chi connectivity index (χ3n) is 3.22. The molecule has 2 rings (SSSR count). The van der Waals surface area contributed by atoms with Crippen LogP contribution in [0.25, 0.3) is 0 Å². The van der Waals surface area contributed by atoms with Crippen LogP contribution < -0.4 is 19.5 Å². The van der Waals surface area contributed by atoms with Gasteiger partial charge in [0, 0.05) is 11.8 Å². The molecule has 0 aromatic heterocycles. The number of carbonyl (C=O) groups is 1. The fourth-order valence-corrected chi connectivity index (χ4v) is 2.42. The first kappa shape index (κ1) is 18.1. The highest BCUT2D eigenvalue weighted by Gasteiger charge is 2.17. The smallest absolute Gasteiger partial charge is 0.265 e. The number of halogens is 2. The Morgan fingerprint density at radius 2 is 1.75 bits per heavy atom. The van der Waals surface area contributed by atoms with Crippen LogP contribution in [0.15, 0.2) is 40.9 Å². The highest BCUT2D eigenvalue weighted by molar-refractivity contribution is 9.10. The quantitative estimate of drug-likeness (QED) is 0.799. The summed E-state index contributed by atoms with van der Waals surface area (Å²) in [5, 5.41) is 2.73. The fourth-order valence-electron chi connectivity index (χ4n) is 1.97. The molecule has 0 aliphatic carbocycles. The minimum absolute atomic E-state index is 0.349. The Morgan fingerprint density at radius 1 is 1.08 bits per heavy atom. The van der Waals surface area contributed by atoms with Gasteiger partial charge in [-0.25, -0.2) is 4.39 Å². The third-order valence-corrected chi connectivity index (χ3v) is 3.84. The Morgan fingerprint density at radius 3 is 2.38 bits per heavy atom. The summed E-state index contributed by atoms with van der Waals surface area (Å²) in [5.41, 5.74) is 0.547. The number of methoxy groups -OCH3 is 2. The third kappa shape index (κ3) is 4.38. The van der Waals surface area contributed by atoms with Gasteiger partial charge in [0.2, 0.25) is 0 Å². The summed E-state index contributed by atoms with van der Waals surface area (Å²) < 4.78 is 29.4. The van der Waals surface area contributed by atoms with Gasteiger partial charge in [0.05, 0.1) is 18.7 Å². The molecule has 128 valence electrons. The predicted octanol–water partition coefficient (Wildman–Crippen LogP) is 4.01. The average molecular weight is 398 g/mol. The van der Waals surface area contributed by atoms with Crippen LogP contribution in [0.3, 0.4) is 0 Å². The summed E-state index contributed by atoms with van der Waals surface area (Å²) in [7, 11) is 3.05. The maximum absolute atomic E-state index is 13.1. The molecule has 0 radical (unpaired) electrons. The molecule has 24 heavy (non-hydrogen) atoms. The summed E-state index contributed by atoms with van der Waals surface area (Å²) in [5.74, 6) is 0.710. The van der Waals surface area contributed by atoms with Crippen LogP contribution in [0.5, 0.6) is 17.2 Å². The van der Waals surface area contributed by atoms with Crippen LogP contribution in [-0.2, 0) is 4.79 Å². The second kappa shape index (κ2) is 8.01. The van der Waals surface area contributed by atoms with Crippen LogP contribution >= 0.6 is 15.9 Å². The van der Waals surface area contributed by atoms with E-state index in [-0.39, 0.29) is 5.91 Å². The van der Waals surface area contributed by atoms with Crippen molar-refractivity contribution in [2.75, 3.05) is 19.5 Å². The number of benzene rings is 2. The molecule has 0 spiro atoms. The molecule has 0 aliphatic heterocycles. The van der Waals surface area contributed by atoms with E-state index in [1.54, 1.807) is 25.1 Å². The normalized spacial score (nSPS) is 11.5. The molecule has 1 amide bonds. The van der Waals surface area contributed by atoms with Crippen molar-refractivity contribution in [2.24, 2.45) is 0 Å². The van der Waals surface area contributed by atoms with Gasteiger partial charge >= 0.3 is 0 Å². The van der Waals surface area contributed by atoms with Crippen molar-refractivity contribution in [1.29, 1.82) is 0 Å². The van der Waals surface area contributed by atoms with E-state index in [1.807, 2.05) is 0 Å². The van der Waals surface area contributed by atoms with Crippen molar-refractivity contribution < 1.29 is 23.4 Å². The molecular formula is C17H17BrFNO4. The monoisotopic (exact) mass is 397 g/mol. The maximum atomic E-state index is 13.1. The van der Waals surface area contributed by atoms with Gasteiger partial charge in [-0.3, -0.25) is 4.79 Å². The van der Waals surface area contributed by atoms with Gasteiger partial charge in [-0.05, 0) is 53.2 Å². The molecule has 7 heteroatoms. The maximum Gasteiger partial charge on any atom is 0.265 e. The van der Waals surface area contributed by atoms with E-state index in [2.05, 4.69) is 21.2 Å². The highest BCUT2D eigenvalue weighted by atomic mass is 79.9. The Kier molecular flexibility index (Phi) is 6.03. The van der Waals surface area contributed by atoms with Gasteiger partial charge in [0.1, 0.15) is 11.6 Å². The number of nitrogens with one attached hydrogen (secondary N) is 1. The molecule has 0 heterocycles. The van der Waals surface area contributed by atoms with Gasteiger partial charge in [0.15, 0.2) is 17.6 Å². The number of ether oxygens (including phenoxy) is 3. The molecule has 5 nitrogen and oxygen atoms in total. The minimum Gasteiger partial charge on any atom is -0.493 e. The van der Waals surface area contributed by atoms with Crippen LogP contribution in [-0.4, -0.2) is 26.2 Å². The van der Waals surface area contributed by atoms with Crippen LogP contribution in [0.4, 0.5) is 10.1 Å². The van der Waals surface area contributed by atoms with Gasteiger partial charge in [0.25, 0.3) is 5.91 Å². The van der Waals surface area contributed by atoms with Crippen molar-refractivity contribution in [3.05, 3.63) is 46.7 Å². The largest absolute Gasteiger partial charge is 0.493 e. The van der Waals surface area contributed by atoms with E-state index < -0.39 is 11.9 Å². The minimum atomic E-state index is -0.778. The van der Waals surface area contributed by atoms with Crippen molar-refractivity contribution in [3.8, 4) is 17.2 Å². The summed E-state index contributed by atoms with van der Waals surface area (Å²) >= 11 is 3.20. The molecule has 1 N–H and O–H groups in total. The van der Waals surface area contributed by atoms with E-state index in [1.165, 1.54) is 32.4 Å². The molecule has 2 aromatic carbocycles. The summed E-state index contributed by atoms with van der Waals surface area (Å²) in [6.45, 7) is 1.60. The Hall–Kier alpha value is -2.28. The molecule has 0 unspecified atom stereocenters. The van der Waals surface area contributed by atoms with E-state index in [9.17, 15) is 9.18 Å². The number of carbonyl (C=O) groups excluding carboxylic acids is 1. The van der Waals surface area contributed by atoms with Gasteiger partial charge in [-0.15, -0.1) is 0 Å². The number of rotatable bonds is 6. The number of hydrogen-bond donors (Lipinski definition) is 1. The first-order valence-corrected chi connectivity index (χ1v) is 7.88. The predicted molar refractivity (Wildman–Crippen MR) is 92.4 cm³/mol. The van der Waals surface area contributed by atoms with E-state index >= 15 is 0 Å². The molecule has 0 bridgehead atoms. The molecule has 2 aromatic rings. The first-order chi connectivity index (χ1) is 11.4. The number of amides is 1. The molecule has 0 saturated carbocycles. The fraction of sp³-hybridized carbons (Fsp3) is 0.235. The molecule has 0 saturated heterocycles. The zero-order chi connectivity index (χ0) is 17.7. The second-order valence-electron chi connectivity index (χ2n) is 4.89. The van der Waals surface area contributed by atoms with E-state index in [0.29, 0.717) is 27.4 Å². The van der Waals surface area contributed by atoms with Gasteiger partial charge < -0.3 is 19.5 Å². The lowest BCUT2D eigenvalue weighted by Gasteiger charge is -2.16. The summed E-state index contributed by atoms with van der Waals surface area (Å²) in [4.78, 5) is 12.3.